The Morgan fingerprint density at radius 2 is 1.65 bits per heavy atom. The summed E-state index contributed by atoms with van der Waals surface area (Å²) in [5, 5.41) is 36.7. The molecule has 7 nitrogen and oxygen atoms in total. The fourth-order valence-corrected chi connectivity index (χ4v) is 3.25. The van der Waals surface area contributed by atoms with Crippen molar-refractivity contribution in [1.29, 1.82) is 0 Å². The summed E-state index contributed by atoms with van der Waals surface area (Å²) < 4.78 is 13.2. The molecule has 1 heterocycles. The van der Waals surface area contributed by atoms with Crippen molar-refractivity contribution < 1.29 is 34.4 Å². The highest BCUT2D eigenvalue weighted by Gasteiger charge is 2.29. The SMILES string of the molecule is Fc1cccc(/C=C\c2c(Cl)ccc3c2CCNCC3)c1.O=C(O)[C@H](O)[C@@H](O)C(=O)O. The fraction of sp³-hybridized carbons (Fsp3) is 0.273. The van der Waals surface area contributed by atoms with Crippen molar-refractivity contribution in [2.45, 2.75) is 25.0 Å². The molecule has 0 radical (unpaired) electrons. The number of carbonyl (C=O) groups is 2. The lowest BCUT2D eigenvalue weighted by Gasteiger charge is -2.11. The van der Waals surface area contributed by atoms with Gasteiger partial charge in [0.1, 0.15) is 5.82 Å². The van der Waals surface area contributed by atoms with E-state index in [1.54, 1.807) is 6.07 Å². The van der Waals surface area contributed by atoms with Gasteiger partial charge in [-0.15, -0.1) is 0 Å². The molecule has 2 aromatic rings. The van der Waals surface area contributed by atoms with Crippen LogP contribution >= 0.6 is 11.6 Å². The number of carboxylic acid groups (broad SMARTS) is 2. The van der Waals surface area contributed by atoms with Crippen molar-refractivity contribution in [2.75, 3.05) is 13.1 Å². The lowest BCUT2D eigenvalue weighted by Crippen LogP contribution is -2.39. The molecule has 3 rings (SSSR count). The zero-order valence-electron chi connectivity index (χ0n) is 16.5. The summed E-state index contributed by atoms with van der Waals surface area (Å²) in [6.07, 6.45) is 1.38. The van der Waals surface area contributed by atoms with E-state index in [9.17, 15) is 14.0 Å². The van der Waals surface area contributed by atoms with E-state index >= 15 is 0 Å². The molecule has 5 N–H and O–H groups in total. The van der Waals surface area contributed by atoms with Crippen molar-refractivity contribution in [3.05, 3.63) is 69.5 Å². The Kier molecular flexibility index (Phi) is 9.14. The number of hydrogen-bond donors (Lipinski definition) is 5. The summed E-state index contributed by atoms with van der Waals surface area (Å²) in [7, 11) is 0. The summed E-state index contributed by atoms with van der Waals surface area (Å²) in [5.74, 6) is -3.76. The van der Waals surface area contributed by atoms with Gasteiger partial charge in [0, 0.05) is 5.02 Å². The molecule has 2 atom stereocenters. The Bertz CT molecular complexity index is 947. The molecular weight excluding hydrogens is 429 g/mol. The van der Waals surface area contributed by atoms with Crippen LogP contribution in [0, 0.1) is 5.82 Å². The highest BCUT2D eigenvalue weighted by molar-refractivity contribution is 6.32. The topological polar surface area (TPSA) is 127 Å². The van der Waals surface area contributed by atoms with Crippen LogP contribution in [0.1, 0.15) is 22.3 Å². The van der Waals surface area contributed by atoms with Crippen molar-refractivity contribution in [1.82, 2.24) is 5.32 Å². The van der Waals surface area contributed by atoms with Gasteiger partial charge in [-0.1, -0.05) is 42.0 Å². The van der Waals surface area contributed by atoms with Gasteiger partial charge in [-0.05, 0) is 66.4 Å². The Morgan fingerprint density at radius 3 is 2.26 bits per heavy atom. The minimum absolute atomic E-state index is 0.223. The Labute approximate surface area is 183 Å². The molecule has 0 fully saturated rings. The van der Waals surface area contributed by atoms with Crippen molar-refractivity contribution in [3.8, 4) is 0 Å². The first-order chi connectivity index (χ1) is 14.7. The number of nitrogens with one attached hydrogen (secondary N) is 1. The van der Waals surface area contributed by atoms with Crippen LogP contribution in [0.3, 0.4) is 0 Å². The van der Waals surface area contributed by atoms with Crippen LogP contribution in [0.4, 0.5) is 4.39 Å². The molecule has 166 valence electrons. The number of fused-ring (bicyclic) bond motifs is 1. The highest BCUT2D eigenvalue weighted by Crippen LogP contribution is 2.27. The summed E-state index contributed by atoms with van der Waals surface area (Å²) in [6.45, 7) is 1.97. The van der Waals surface area contributed by atoms with Crippen molar-refractivity contribution in [3.63, 3.8) is 0 Å². The average molecular weight is 452 g/mol. The molecule has 1 aliphatic rings. The Morgan fingerprint density at radius 1 is 1.00 bits per heavy atom. The summed E-state index contributed by atoms with van der Waals surface area (Å²) >= 11 is 6.37. The van der Waals surface area contributed by atoms with E-state index in [1.165, 1.54) is 23.3 Å². The van der Waals surface area contributed by atoms with E-state index in [2.05, 4.69) is 11.4 Å². The predicted molar refractivity (Wildman–Crippen MR) is 114 cm³/mol. The zero-order chi connectivity index (χ0) is 23.0. The minimum Gasteiger partial charge on any atom is -0.479 e. The van der Waals surface area contributed by atoms with Crippen LogP contribution < -0.4 is 5.32 Å². The summed E-state index contributed by atoms with van der Waals surface area (Å²) in [6, 6.07) is 10.6. The molecule has 0 saturated carbocycles. The largest absolute Gasteiger partial charge is 0.479 e. The first kappa shape index (κ1) is 24.5. The molecule has 1 aliphatic heterocycles. The molecule has 0 spiro atoms. The smallest absolute Gasteiger partial charge is 0.335 e. The molecule has 0 amide bonds. The number of halogens is 2. The predicted octanol–water partition coefficient (Wildman–Crippen LogP) is 2.22. The normalized spacial score (nSPS) is 15.2. The summed E-state index contributed by atoms with van der Waals surface area (Å²) in [5.41, 5.74) is 4.56. The lowest BCUT2D eigenvalue weighted by molar-refractivity contribution is -0.165. The highest BCUT2D eigenvalue weighted by atomic mass is 35.5. The second-order valence-electron chi connectivity index (χ2n) is 6.80. The van der Waals surface area contributed by atoms with Gasteiger partial charge >= 0.3 is 11.9 Å². The van der Waals surface area contributed by atoms with Gasteiger partial charge in [0.05, 0.1) is 0 Å². The monoisotopic (exact) mass is 451 g/mol. The van der Waals surface area contributed by atoms with E-state index in [-0.39, 0.29) is 5.82 Å². The van der Waals surface area contributed by atoms with Crippen molar-refractivity contribution >= 4 is 35.7 Å². The van der Waals surface area contributed by atoms with Crippen LogP contribution in [0.5, 0.6) is 0 Å². The Hall–Kier alpha value is -2.78. The maximum absolute atomic E-state index is 13.2. The van der Waals surface area contributed by atoms with Gasteiger partial charge in [-0.25, -0.2) is 14.0 Å². The molecule has 0 aliphatic carbocycles. The van der Waals surface area contributed by atoms with Gasteiger partial charge in [-0.3, -0.25) is 0 Å². The first-order valence-electron chi connectivity index (χ1n) is 9.47. The minimum atomic E-state index is -2.27. The van der Waals surface area contributed by atoms with E-state index < -0.39 is 24.1 Å². The maximum atomic E-state index is 13.2. The zero-order valence-corrected chi connectivity index (χ0v) is 17.2. The molecular formula is C22H23ClFNO6. The van der Waals surface area contributed by atoms with Gasteiger partial charge < -0.3 is 25.7 Å². The van der Waals surface area contributed by atoms with Crippen LogP contribution in [-0.4, -0.2) is 57.7 Å². The second-order valence-corrected chi connectivity index (χ2v) is 7.21. The van der Waals surface area contributed by atoms with Gasteiger partial charge in [0.25, 0.3) is 0 Å². The van der Waals surface area contributed by atoms with E-state index in [1.807, 2.05) is 24.3 Å². The van der Waals surface area contributed by atoms with Gasteiger partial charge in [0.2, 0.25) is 0 Å². The standard InChI is InChI=1S/C18H17ClFN.C4H6O6/c19-18-7-5-14-8-10-21-11-9-16(14)17(18)6-4-13-2-1-3-15(20)12-13;5-1(3(7)8)2(6)4(9)10/h1-7,12,21H,8-11H2;1-2,5-6H,(H,7,8)(H,9,10)/b6-4-;/t;1-,2-/m.1/s1. The van der Waals surface area contributed by atoms with Crippen LogP contribution in [0.2, 0.25) is 5.02 Å². The van der Waals surface area contributed by atoms with Crippen LogP contribution in [0.25, 0.3) is 12.2 Å². The lowest BCUT2D eigenvalue weighted by atomic mass is 9.96. The first-order valence-corrected chi connectivity index (χ1v) is 9.85. The number of hydrogen-bond acceptors (Lipinski definition) is 5. The summed E-state index contributed by atoms with van der Waals surface area (Å²) in [4.78, 5) is 19.5. The van der Waals surface area contributed by atoms with E-state index in [0.29, 0.717) is 0 Å². The third-order valence-electron chi connectivity index (χ3n) is 4.62. The van der Waals surface area contributed by atoms with E-state index in [0.717, 1.165) is 42.1 Å². The fourth-order valence-electron chi connectivity index (χ4n) is 3.01. The van der Waals surface area contributed by atoms with Gasteiger partial charge in [0.15, 0.2) is 12.2 Å². The Balaban J connectivity index is 0.000000291. The van der Waals surface area contributed by atoms with Crippen LogP contribution in [-0.2, 0) is 22.4 Å². The molecule has 2 aromatic carbocycles. The number of aliphatic hydroxyl groups is 2. The number of benzene rings is 2. The molecule has 0 unspecified atom stereocenters. The molecule has 0 saturated heterocycles. The molecule has 9 heteroatoms. The number of aliphatic carboxylic acids is 2. The maximum Gasteiger partial charge on any atom is 0.335 e. The third kappa shape index (κ3) is 7.15. The number of aliphatic hydroxyl groups excluding tert-OH is 2. The number of carboxylic acids is 2. The number of rotatable bonds is 5. The van der Waals surface area contributed by atoms with Crippen molar-refractivity contribution in [2.24, 2.45) is 0 Å². The molecule has 0 bridgehead atoms. The second kappa shape index (κ2) is 11.6. The van der Waals surface area contributed by atoms with Gasteiger partial charge in [-0.2, -0.15) is 0 Å². The average Bonchev–Trinajstić information content (AvgIpc) is 2.98. The third-order valence-corrected chi connectivity index (χ3v) is 4.95. The van der Waals surface area contributed by atoms with E-state index in [4.69, 9.17) is 32.0 Å². The molecule has 0 aromatic heterocycles. The van der Waals surface area contributed by atoms with Crippen LogP contribution in [0.15, 0.2) is 36.4 Å². The molecule has 31 heavy (non-hydrogen) atoms. The quantitative estimate of drug-likeness (QED) is 0.441.